The number of carbonyl (C=O) groups is 1. The Labute approximate surface area is 140 Å². The van der Waals surface area contributed by atoms with Gasteiger partial charge in [-0.1, -0.05) is 24.3 Å². The van der Waals surface area contributed by atoms with Crippen molar-refractivity contribution in [1.29, 1.82) is 0 Å². The van der Waals surface area contributed by atoms with E-state index in [4.69, 9.17) is 9.47 Å². The van der Waals surface area contributed by atoms with Crippen LogP contribution in [0.25, 0.3) is 16.8 Å². The van der Waals surface area contributed by atoms with Crippen LogP contribution >= 0.6 is 0 Å². The van der Waals surface area contributed by atoms with Crippen molar-refractivity contribution in [2.75, 3.05) is 14.2 Å². The zero-order chi connectivity index (χ0) is 17.1. The molecule has 0 amide bonds. The number of ketones is 1. The molecule has 0 radical (unpaired) electrons. The summed E-state index contributed by atoms with van der Waals surface area (Å²) in [6.07, 6.45) is 1.45. The topological polar surface area (TPSA) is 53.3 Å². The molecule has 0 saturated carbocycles. The third-order valence-corrected chi connectivity index (χ3v) is 3.84. The number of imidazole rings is 1. The summed E-state index contributed by atoms with van der Waals surface area (Å²) < 4.78 is 12.4. The van der Waals surface area contributed by atoms with Gasteiger partial charge in [0.05, 0.1) is 25.3 Å². The molecule has 5 heteroatoms. The third-order valence-electron chi connectivity index (χ3n) is 3.84. The van der Waals surface area contributed by atoms with Crippen LogP contribution in [0.15, 0.2) is 54.6 Å². The molecule has 0 aliphatic carbocycles. The molecule has 0 bridgehead atoms. The minimum atomic E-state index is -0.214. The lowest BCUT2D eigenvalue weighted by Crippen LogP contribution is -2.06. The number of rotatable bonds is 5. The van der Waals surface area contributed by atoms with Crippen LogP contribution in [0.3, 0.4) is 0 Å². The quantitative estimate of drug-likeness (QED) is 0.410. The Hall–Kier alpha value is -3.08. The van der Waals surface area contributed by atoms with Crippen LogP contribution < -0.4 is 4.74 Å². The van der Waals surface area contributed by atoms with E-state index in [-0.39, 0.29) is 5.78 Å². The molecule has 24 heavy (non-hydrogen) atoms. The van der Waals surface area contributed by atoms with E-state index in [0.717, 1.165) is 16.6 Å². The average molecular weight is 322 g/mol. The number of benzene rings is 2. The Morgan fingerprint density at radius 1 is 1.12 bits per heavy atom. The monoisotopic (exact) mass is 322 g/mol. The molecule has 0 N–H and O–H groups in total. The van der Waals surface area contributed by atoms with Gasteiger partial charge >= 0.3 is 0 Å². The molecule has 0 aliphatic rings. The maximum Gasteiger partial charge on any atom is 0.225 e. The van der Waals surface area contributed by atoms with E-state index in [0.29, 0.717) is 17.3 Å². The Balaban J connectivity index is 2.00. The zero-order valence-corrected chi connectivity index (χ0v) is 13.8. The summed E-state index contributed by atoms with van der Waals surface area (Å²) in [5, 5.41) is 0. The van der Waals surface area contributed by atoms with Crippen molar-refractivity contribution in [2.24, 2.45) is 7.05 Å². The van der Waals surface area contributed by atoms with Crippen molar-refractivity contribution < 1.29 is 14.3 Å². The highest BCUT2D eigenvalue weighted by atomic mass is 16.5. The van der Waals surface area contributed by atoms with Crippen LogP contribution in [0, 0.1) is 0 Å². The number of ether oxygens (including phenoxy) is 2. The average Bonchev–Trinajstić information content (AvgIpc) is 2.97. The fraction of sp³-hybridized carbons (Fsp3) is 0.158. The van der Waals surface area contributed by atoms with Crippen molar-refractivity contribution in [3.05, 3.63) is 66.0 Å². The lowest BCUT2D eigenvalue weighted by atomic mass is 10.1. The summed E-state index contributed by atoms with van der Waals surface area (Å²) in [7, 11) is 4.96. The molecular weight excluding hydrogens is 304 g/mol. The van der Waals surface area contributed by atoms with Crippen LogP contribution in [0.4, 0.5) is 0 Å². The van der Waals surface area contributed by atoms with E-state index >= 15 is 0 Å². The minimum absolute atomic E-state index is 0.214. The van der Waals surface area contributed by atoms with Crippen LogP contribution in [0.1, 0.15) is 16.2 Å². The van der Waals surface area contributed by atoms with Crippen LogP contribution in [-0.4, -0.2) is 29.6 Å². The van der Waals surface area contributed by atoms with Gasteiger partial charge in [-0.2, -0.15) is 0 Å². The highest BCUT2D eigenvalue weighted by Crippen LogP contribution is 2.22. The zero-order valence-electron chi connectivity index (χ0n) is 13.8. The second-order valence-corrected chi connectivity index (χ2v) is 5.29. The van der Waals surface area contributed by atoms with Gasteiger partial charge in [-0.25, -0.2) is 4.98 Å². The van der Waals surface area contributed by atoms with Gasteiger partial charge in [0.1, 0.15) is 11.5 Å². The molecule has 0 fully saturated rings. The van der Waals surface area contributed by atoms with Crippen molar-refractivity contribution in [1.82, 2.24) is 9.55 Å². The number of para-hydroxylation sites is 2. The van der Waals surface area contributed by atoms with E-state index in [1.54, 1.807) is 11.7 Å². The summed E-state index contributed by atoms with van der Waals surface area (Å²) >= 11 is 0. The summed E-state index contributed by atoms with van der Waals surface area (Å²) in [4.78, 5) is 17.1. The van der Waals surface area contributed by atoms with Crippen molar-refractivity contribution in [3.63, 3.8) is 0 Å². The lowest BCUT2D eigenvalue weighted by Gasteiger charge is -2.08. The Bertz CT molecular complexity index is 925. The summed E-state index contributed by atoms with van der Waals surface area (Å²) in [6.45, 7) is 0. The van der Waals surface area contributed by atoms with Crippen LogP contribution in [0.2, 0.25) is 0 Å². The molecule has 0 unspecified atom stereocenters. The molecule has 122 valence electrons. The number of hydrogen-bond donors (Lipinski definition) is 0. The SMILES string of the molecule is CO/C(=C\C(=O)c1nc2ccccc2n1C)c1cccc(OC)c1. The predicted octanol–water partition coefficient (Wildman–Crippen LogP) is 3.45. The number of carbonyl (C=O) groups excluding carboxylic acids is 1. The standard InChI is InChI=1S/C19H18N2O3/c1-21-16-10-5-4-9-15(16)20-19(21)17(22)12-18(24-3)13-7-6-8-14(11-13)23-2/h4-12H,1-3H3/b18-12-. The summed E-state index contributed by atoms with van der Waals surface area (Å²) in [5.74, 6) is 1.32. The first kappa shape index (κ1) is 15.8. The van der Waals surface area contributed by atoms with Gasteiger partial charge in [-0.05, 0) is 24.3 Å². The molecule has 3 aromatic rings. The van der Waals surface area contributed by atoms with E-state index in [9.17, 15) is 4.79 Å². The van der Waals surface area contributed by atoms with Gasteiger partial charge in [-0.3, -0.25) is 4.79 Å². The Morgan fingerprint density at radius 2 is 1.92 bits per heavy atom. The highest BCUT2D eigenvalue weighted by Gasteiger charge is 2.15. The van der Waals surface area contributed by atoms with Gasteiger partial charge < -0.3 is 14.0 Å². The van der Waals surface area contributed by atoms with E-state index in [1.807, 2.05) is 55.6 Å². The van der Waals surface area contributed by atoms with Crippen molar-refractivity contribution in [3.8, 4) is 5.75 Å². The number of fused-ring (bicyclic) bond motifs is 1. The molecule has 1 heterocycles. The summed E-state index contributed by atoms with van der Waals surface area (Å²) in [6, 6.07) is 15.0. The molecule has 1 aromatic heterocycles. The fourth-order valence-electron chi connectivity index (χ4n) is 2.59. The number of aromatic nitrogens is 2. The lowest BCUT2D eigenvalue weighted by molar-refractivity contribution is 0.103. The van der Waals surface area contributed by atoms with Crippen LogP contribution in [0.5, 0.6) is 5.75 Å². The maximum atomic E-state index is 12.7. The first-order valence-corrected chi connectivity index (χ1v) is 7.50. The van der Waals surface area contributed by atoms with E-state index in [2.05, 4.69) is 4.98 Å². The first-order valence-electron chi connectivity index (χ1n) is 7.50. The van der Waals surface area contributed by atoms with Crippen molar-refractivity contribution >= 4 is 22.6 Å². The van der Waals surface area contributed by atoms with Crippen molar-refractivity contribution in [2.45, 2.75) is 0 Å². The molecule has 5 nitrogen and oxygen atoms in total. The number of allylic oxidation sites excluding steroid dienone is 1. The van der Waals surface area contributed by atoms with Gasteiger partial charge in [0.2, 0.25) is 5.78 Å². The number of hydrogen-bond acceptors (Lipinski definition) is 4. The molecule has 3 rings (SSSR count). The smallest absolute Gasteiger partial charge is 0.225 e. The molecule has 0 aliphatic heterocycles. The molecule has 0 atom stereocenters. The third kappa shape index (κ3) is 2.88. The number of methoxy groups -OCH3 is 2. The van der Waals surface area contributed by atoms with E-state index in [1.165, 1.54) is 13.2 Å². The van der Waals surface area contributed by atoms with Crippen LogP contribution in [-0.2, 0) is 11.8 Å². The minimum Gasteiger partial charge on any atom is -0.497 e. The molecular formula is C19H18N2O3. The maximum absolute atomic E-state index is 12.7. The molecule has 2 aromatic carbocycles. The first-order chi connectivity index (χ1) is 11.6. The van der Waals surface area contributed by atoms with Gasteiger partial charge in [0.15, 0.2) is 5.82 Å². The highest BCUT2D eigenvalue weighted by molar-refractivity contribution is 6.07. The van der Waals surface area contributed by atoms with Gasteiger partial charge in [0.25, 0.3) is 0 Å². The molecule has 0 saturated heterocycles. The normalized spacial score (nSPS) is 11.5. The fourth-order valence-corrected chi connectivity index (χ4v) is 2.59. The predicted molar refractivity (Wildman–Crippen MR) is 93.0 cm³/mol. The number of aryl methyl sites for hydroxylation is 1. The number of nitrogens with zero attached hydrogens (tertiary/aromatic N) is 2. The van der Waals surface area contributed by atoms with Gasteiger partial charge in [0, 0.05) is 18.7 Å². The molecule has 0 spiro atoms. The Kier molecular flexibility index (Phi) is 4.33. The van der Waals surface area contributed by atoms with Gasteiger partial charge in [-0.15, -0.1) is 0 Å². The second-order valence-electron chi connectivity index (χ2n) is 5.29. The van der Waals surface area contributed by atoms with E-state index < -0.39 is 0 Å². The largest absolute Gasteiger partial charge is 0.497 e. The summed E-state index contributed by atoms with van der Waals surface area (Å²) in [5.41, 5.74) is 2.47. The Morgan fingerprint density at radius 3 is 2.62 bits per heavy atom. The second kappa shape index (κ2) is 6.58.